The third kappa shape index (κ3) is 7.57. The molecule has 0 radical (unpaired) electrons. The molecule has 3 heterocycles. The highest BCUT2D eigenvalue weighted by Crippen LogP contribution is 2.25. The molecule has 12 heteroatoms. The molecule has 1 unspecified atom stereocenters. The maximum atomic E-state index is 13.3. The monoisotopic (exact) mass is 546 g/mol. The van der Waals surface area contributed by atoms with Gasteiger partial charge in [-0.1, -0.05) is 0 Å². The van der Waals surface area contributed by atoms with Crippen molar-refractivity contribution in [3.8, 4) is 0 Å². The van der Waals surface area contributed by atoms with Gasteiger partial charge in [0, 0.05) is 83.2 Å². The first kappa shape index (κ1) is 29.0. The number of amides is 4. The first-order chi connectivity index (χ1) is 18.9. The summed E-state index contributed by atoms with van der Waals surface area (Å²) in [7, 11) is 3.40. The van der Waals surface area contributed by atoms with Crippen molar-refractivity contribution in [2.24, 2.45) is 13.0 Å². The molecule has 1 aromatic heterocycles. The SMILES string of the molecule is COCCN1CC(=O)NC2CCc3c(c(nn3C)C(=O)NCCCN(C(=O)C3CCOCC3)CCCC1=O)C2. The van der Waals surface area contributed by atoms with Crippen molar-refractivity contribution in [1.82, 2.24) is 30.2 Å². The van der Waals surface area contributed by atoms with E-state index in [-0.39, 0.29) is 48.6 Å². The van der Waals surface area contributed by atoms with E-state index < -0.39 is 0 Å². The molecule has 1 saturated heterocycles. The smallest absolute Gasteiger partial charge is 0.272 e. The fraction of sp³-hybridized carbons (Fsp3) is 0.741. The van der Waals surface area contributed by atoms with E-state index in [1.807, 2.05) is 11.9 Å². The molecule has 216 valence electrons. The second-order valence-electron chi connectivity index (χ2n) is 10.6. The summed E-state index contributed by atoms with van der Waals surface area (Å²) in [5, 5.41) is 10.5. The van der Waals surface area contributed by atoms with E-state index in [4.69, 9.17) is 9.47 Å². The van der Waals surface area contributed by atoms with E-state index in [9.17, 15) is 19.2 Å². The van der Waals surface area contributed by atoms with Crippen LogP contribution >= 0.6 is 0 Å². The average molecular weight is 547 g/mol. The summed E-state index contributed by atoms with van der Waals surface area (Å²) < 4.78 is 12.4. The molecular formula is C27H42N6O6. The quantitative estimate of drug-likeness (QED) is 0.544. The van der Waals surface area contributed by atoms with Crippen molar-refractivity contribution in [2.75, 3.05) is 59.7 Å². The van der Waals surface area contributed by atoms with Crippen LogP contribution in [0.4, 0.5) is 0 Å². The van der Waals surface area contributed by atoms with Crippen LogP contribution in [0.1, 0.15) is 60.3 Å². The van der Waals surface area contributed by atoms with Gasteiger partial charge in [0.2, 0.25) is 17.7 Å². The number of carbonyl (C=O) groups excluding carboxylic acids is 4. The van der Waals surface area contributed by atoms with E-state index in [2.05, 4.69) is 15.7 Å². The van der Waals surface area contributed by atoms with Gasteiger partial charge in [0.25, 0.3) is 5.91 Å². The number of hydrogen-bond acceptors (Lipinski definition) is 7. The minimum atomic E-state index is -0.237. The average Bonchev–Trinajstić information content (AvgIpc) is 3.27. The molecule has 4 amide bonds. The lowest BCUT2D eigenvalue weighted by molar-refractivity contribution is -0.140. The Balaban J connectivity index is 1.52. The summed E-state index contributed by atoms with van der Waals surface area (Å²) in [5.74, 6) is -0.614. The minimum absolute atomic E-state index is 0.0589. The number of aryl methyl sites for hydroxylation is 1. The molecule has 0 aromatic carbocycles. The van der Waals surface area contributed by atoms with Crippen LogP contribution in [0.2, 0.25) is 0 Å². The van der Waals surface area contributed by atoms with Gasteiger partial charge >= 0.3 is 0 Å². The fourth-order valence-electron chi connectivity index (χ4n) is 5.70. The van der Waals surface area contributed by atoms with E-state index in [1.54, 1.807) is 11.8 Å². The summed E-state index contributed by atoms with van der Waals surface area (Å²) in [6, 6.07) is -0.135. The first-order valence-electron chi connectivity index (χ1n) is 14.1. The van der Waals surface area contributed by atoms with Gasteiger partial charge in [0.05, 0.1) is 13.2 Å². The Hall–Kier alpha value is -2.99. The van der Waals surface area contributed by atoms with Gasteiger partial charge in [0.15, 0.2) is 5.69 Å². The zero-order valence-electron chi connectivity index (χ0n) is 23.2. The molecule has 2 bridgehead atoms. The molecule has 1 fully saturated rings. The first-order valence-corrected chi connectivity index (χ1v) is 14.1. The topological polar surface area (TPSA) is 135 Å². The zero-order valence-corrected chi connectivity index (χ0v) is 23.2. The highest BCUT2D eigenvalue weighted by atomic mass is 16.5. The molecule has 4 rings (SSSR count). The third-order valence-electron chi connectivity index (χ3n) is 7.88. The van der Waals surface area contributed by atoms with E-state index >= 15 is 0 Å². The number of hydrogen-bond donors (Lipinski definition) is 2. The van der Waals surface area contributed by atoms with Crippen LogP contribution in [0.25, 0.3) is 0 Å². The number of rotatable bonds is 4. The Morgan fingerprint density at radius 3 is 2.64 bits per heavy atom. The van der Waals surface area contributed by atoms with Crippen LogP contribution in [0.3, 0.4) is 0 Å². The largest absolute Gasteiger partial charge is 0.383 e. The number of fused-ring (bicyclic) bond motifs is 1. The second kappa shape index (κ2) is 13.9. The fourth-order valence-corrected chi connectivity index (χ4v) is 5.70. The molecule has 1 atom stereocenters. The van der Waals surface area contributed by atoms with Crippen LogP contribution in [-0.2, 0) is 43.7 Å². The van der Waals surface area contributed by atoms with E-state index in [0.29, 0.717) is 90.2 Å². The van der Waals surface area contributed by atoms with Crippen molar-refractivity contribution in [3.63, 3.8) is 0 Å². The van der Waals surface area contributed by atoms with Crippen LogP contribution < -0.4 is 10.6 Å². The zero-order chi connectivity index (χ0) is 27.8. The van der Waals surface area contributed by atoms with Gasteiger partial charge in [-0.15, -0.1) is 0 Å². The third-order valence-corrected chi connectivity index (χ3v) is 7.88. The van der Waals surface area contributed by atoms with E-state index in [0.717, 1.165) is 17.7 Å². The molecule has 1 aromatic rings. The maximum absolute atomic E-state index is 13.3. The lowest BCUT2D eigenvalue weighted by Gasteiger charge is -2.30. The number of ether oxygens (including phenoxy) is 2. The number of nitrogens with one attached hydrogen (secondary N) is 2. The van der Waals surface area contributed by atoms with Gasteiger partial charge in [0.1, 0.15) is 0 Å². The van der Waals surface area contributed by atoms with Crippen molar-refractivity contribution in [1.29, 1.82) is 0 Å². The summed E-state index contributed by atoms with van der Waals surface area (Å²) in [5.41, 5.74) is 2.25. The standard InChI is InChI=1S/C27H42N6O6/c1-31-22-7-6-20-17-21(22)25(30-31)26(36)28-10-4-12-32(27(37)19-8-14-39-15-9-19)11-3-5-24(35)33(13-16-38-2)18-23(34)29-20/h19-20H,3-18H2,1-2H3,(H,28,36)(H,29,34). The summed E-state index contributed by atoms with van der Waals surface area (Å²) in [6.07, 6.45) is 4.66. The molecule has 3 aliphatic rings. The van der Waals surface area contributed by atoms with Crippen LogP contribution in [-0.4, -0.2) is 109 Å². The Labute approximate surface area is 229 Å². The molecule has 2 N–H and O–H groups in total. The van der Waals surface area contributed by atoms with Crippen molar-refractivity contribution >= 4 is 23.6 Å². The lowest BCUT2D eigenvalue weighted by atomic mass is 9.91. The van der Waals surface area contributed by atoms with Crippen molar-refractivity contribution in [2.45, 2.75) is 57.4 Å². The number of carbonyl (C=O) groups is 4. The molecule has 2 aliphatic heterocycles. The molecular weight excluding hydrogens is 504 g/mol. The Bertz CT molecular complexity index is 1040. The second-order valence-corrected chi connectivity index (χ2v) is 10.6. The van der Waals surface area contributed by atoms with Crippen molar-refractivity contribution < 1.29 is 28.7 Å². The number of nitrogens with zero attached hydrogens (tertiary/aromatic N) is 4. The molecule has 0 spiro atoms. The Morgan fingerprint density at radius 1 is 1.10 bits per heavy atom. The summed E-state index contributed by atoms with van der Waals surface area (Å²) >= 11 is 0. The van der Waals surface area contributed by atoms with Gasteiger partial charge in [-0.3, -0.25) is 23.9 Å². The predicted molar refractivity (Wildman–Crippen MR) is 142 cm³/mol. The summed E-state index contributed by atoms with van der Waals surface area (Å²) in [6.45, 7) is 3.07. The Morgan fingerprint density at radius 2 is 1.87 bits per heavy atom. The Kier molecular flexibility index (Phi) is 10.3. The van der Waals surface area contributed by atoms with Gasteiger partial charge in [-0.05, 0) is 44.9 Å². The van der Waals surface area contributed by atoms with Gasteiger partial charge in [-0.25, -0.2) is 0 Å². The lowest BCUT2D eigenvalue weighted by Crippen LogP contribution is -2.47. The van der Waals surface area contributed by atoms with Crippen molar-refractivity contribution in [3.05, 3.63) is 17.0 Å². The van der Waals surface area contributed by atoms with Crippen LogP contribution in [0.15, 0.2) is 0 Å². The number of methoxy groups -OCH3 is 1. The highest BCUT2D eigenvalue weighted by molar-refractivity contribution is 5.94. The minimum Gasteiger partial charge on any atom is -0.383 e. The van der Waals surface area contributed by atoms with Crippen LogP contribution in [0, 0.1) is 5.92 Å². The van der Waals surface area contributed by atoms with Gasteiger partial charge < -0.3 is 29.9 Å². The molecule has 0 saturated carbocycles. The van der Waals surface area contributed by atoms with Crippen LogP contribution in [0.5, 0.6) is 0 Å². The maximum Gasteiger partial charge on any atom is 0.272 e. The summed E-state index contributed by atoms with van der Waals surface area (Å²) in [4.78, 5) is 55.8. The van der Waals surface area contributed by atoms with Gasteiger partial charge in [-0.2, -0.15) is 5.10 Å². The molecule has 39 heavy (non-hydrogen) atoms. The molecule has 12 nitrogen and oxygen atoms in total. The molecule has 1 aliphatic carbocycles. The number of aromatic nitrogens is 2. The highest BCUT2D eigenvalue weighted by Gasteiger charge is 2.30. The normalized spacial score (nSPS) is 22.6. The van der Waals surface area contributed by atoms with E-state index in [1.165, 1.54) is 4.90 Å². The predicted octanol–water partition coefficient (Wildman–Crippen LogP) is 0.0375.